The van der Waals surface area contributed by atoms with E-state index >= 15 is 0 Å². The Labute approximate surface area is 198 Å². The number of esters is 1. The third-order valence-corrected chi connectivity index (χ3v) is 5.45. The number of carbonyl (C=O) groups is 2. The minimum absolute atomic E-state index is 0.0394. The lowest BCUT2D eigenvalue weighted by Gasteiger charge is -2.27. The van der Waals surface area contributed by atoms with E-state index in [0.717, 1.165) is 28.5 Å². The smallest absolute Gasteiger partial charge is 0.316 e. The molecule has 3 aromatic rings. The van der Waals surface area contributed by atoms with E-state index in [-0.39, 0.29) is 24.3 Å². The SMILES string of the molecule is Cc1cc(C)nc(SCC(=O)OCC(=O)N(c2ccc(Nc3ccccc3)cc2)C(C)C)n1. The van der Waals surface area contributed by atoms with E-state index in [4.69, 9.17) is 4.74 Å². The van der Waals surface area contributed by atoms with Gasteiger partial charge in [0.15, 0.2) is 11.8 Å². The molecule has 33 heavy (non-hydrogen) atoms. The number of nitrogens with zero attached hydrogens (tertiary/aromatic N) is 3. The number of anilines is 3. The molecule has 0 radical (unpaired) electrons. The molecule has 0 atom stereocenters. The van der Waals surface area contributed by atoms with Crippen molar-refractivity contribution < 1.29 is 14.3 Å². The van der Waals surface area contributed by atoms with Crippen LogP contribution in [0.25, 0.3) is 0 Å². The fraction of sp³-hybridized carbons (Fsp3) is 0.280. The molecular weight excluding hydrogens is 436 g/mol. The number of aryl methyl sites for hydroxylation is 2. The van der Waals surface area contributed by atoms with E-state index in [1.807, 2.05) is 88.4 Å². The predicted molar refractivity (Wildman–Crippen MR) is 132 cm³/mol. The van der Waals surface area contributed by atoms with E-state index < -0.39 is 5.97 Å². The zero-order chi connectivity index (χ0) is 23.8. The van der Waals surface area contributed by atoms with E-state index in [1.54, 1.807) is 4.90 Å². The van der Waals surface area contributed by atoms with Crippen LogP contribution in [0.2, 0.25) is 0 Å². The molecular formula is C25H28N4O3S. The van der Waals surface area contributed by atoms with Crippen molar-refractivity contribution >= 4 is 40.7 Å². The van der Waals surface area contributed by atoms with E-state index in [1.165, 1.54) is 11.8 Å². The first-order valence-corrected chi connectivity index (χ1v) is 11.7. The van der Waals surface area contributed by atoms with Crippen molar-refractivity contribution in [3.05, 3.63) is 72.1 Å². The summed E-state index contributed by atoms with van der Waals surface area (Å²) in [5.41, 5.74) is 4.32. The second-order valence-corrected chi connectivity index (χ2v) is 8.72. The Morgan fingerprint density at radius 1 is 0.970 bits per heavy atom. The second kappa shape index (κ2) is 11.5. The summed E-state index contributed by atoms with van der Waals surface area (Å²) in [6, 6.07) is 19.2. The Balaban J connectivity index is 1.55. The number of para-hydroxylation sites is 1. The van der Waals surface area contributed by atoms with Crippen LogP contribution in [0, 0.1) is 13.8 Å². The minimum Gasteiger partial charge on any atom is -0.455 e. The van der Waals surface area contributed by atoms with Crippen LogP contribution in [-0.2, 0) is 14.3 Å². The van der Waals surface area contributed by atoms with Gasteiger partial charge in [0.1, 0.15) is 0 Å². The van der Waals surface area contributed by atoms with Gasteiger partial charge in [0.05, 0.1) is 5.75 Å². The lowest BCUT2D eigenvalue weighted by atomic mass is 10.2. The number of hydrogen-bond acceptors (Lipinski definition) is 7. The van der Waals surface area contributed by atoms with Gasteiger partial charge in [-0.15, -0.1) is 0 Å². The largest absolute Gasteiger partial charge is 0.455 e. The van der Waals surface area contributed by atoms with Gasteiger partial charge in [0, 0.05) is 34.5 Å². The van der Waals surface area contributed by atoms with Crippen LogP contribution in [-0.4, -0.2) is 40.2 Å². The first-order valence-electron chi connectivity index (χ1n) is 10.7. The summed E-state index contributed by atoms with van der Waals surface area (Å²) < 4.78 is 5.22. The highest BCUT2D eigenvalue weighted by Gasteiger charge is 2.21. The van der Waals surface area contributed by atoms with Gasteiger partial charge >= 0.3 is 5.97 Å². The topological polar surface area (TPSA) is 84.4 Å². The zero-order valence-electron chi connectivity index (χ0n) is 19.2. The predicted octanol–water partition coefficient (Wildman–Crippen LogP) is 4.91. The third kappa shape index (κ3) is 7.32. The Hall–Kier alpha value is -3.39. The fourth-order valence-electron chi connectivity index (χ4n) is 3.26. The molecule has 2 aromatic carbocycles. The zero-order valence-corrected chi connectivity index (χ0v) is 20.1. The highest BCUT2D eigenvalue weighted by molar-refractivity contribution is 7.99. The van der Waals surface area contributed by atoms with Crippen molar-refractivity contribution in [2.75, 3.05) is 22.6 Å². The molecule has 0 saturated heterocycles. The molecule has 1 aromatic heterocycles. The highest BCUT2D eigenvalue weighted by Crippen LogP contribution is 2.23. The summed E-state index contributed by atoms with van der Waals surface area (Å²) in [7, 11) is 0. The average Bonchev–Trinajstić information content (AvgIpc) is 2.77. The molecule has 1 amide bonds. The molecule has 1 heterocycles. The van der Waals surface area contributed by atoms with Crippen molar-refractivity contribution in [3.8, 4) is 0 Å². The Morgan fingerprint density at radius 3 is 2.18 bits per heavy atom. The molecule has 0 saturated carbocycles. The number of benzene rings is 2. The molecule has 7 nitrogen and oxygen atoms in total. The highest BCUT2D eigenvalue weighted by atomic mass is 32.2. The summed E-state index contributed by atoms with van der Waals surface area (Å²) in [6.45, 7) is 7.27. The van der Waals surface area contributed by atoms with Crippen LogP contribution in [0.5, 0.6) is 0 Å². The fourth-order valence-corrected chi connectivity index (χ4v) is 4.01. The van der Waals surface area contributed by atoms with E-state index in [9.17, 15) is 9.59 Å². The number of hydrogen-bond donors (Lipinski definition) is 1. The summed E-state index contributed by atoms with van der Waals surface area (Å²) in [5, 5.41) is 3.84. The number of ether oxygens (including phenoxy) is 1. The van der Waals surface area contributed by atoms with Crippen molar-refractivity contribution in [1.82, 2.24) is 9.97 Å². The number of rotatable bonds is 9. The van der Waals surface area contributed by atoms with Crippen LogP contribution < -0.4 is 10.2 Å². The van der Waals surface area contributed by atoms with Crippen LogP contribution in [0.4, 0.5) is 17.1 Å². The lowest BCUT2D eigenvalue weighted by Crippen LogP contribution is -2.40. The maximum absolute atomic E-state index is 12.8. The molecule has 0 fully saturated rings. The number of carbonyl (C=O) groups excluding carboxylic acids is 2. The van der Waals surface area contributed by atoms with Crippen molar-refractivity contribution in [2.24, 2.45) is 0 Å². The number of thioether (sulfide) groups is 1. The van der Waals surface area contributed by atoms with Gasteiger partial charge in [-0.2, -0.15) is 0 Å². The molecule has 0 bridgehead atoms. The van der Waals surface area contributed by atoms with Crippen molar-refractivity contribution in [1.29, 1.82) is 0 Å². The molecule has 0 aliphatic heterocycles. The monoisotopic (exact) mass is 464 g/mol. The van der Waals surface area contributed by atoms with Gasteiger partial charge in [-0.05, 0) is 70.2 Å². The number of amides is 1. The Kier molecular flexibility index (Phi) is 8.43. The number of nitrogens with one attached hydrogen (secondary N) is 1. The van der Waals surface area contributed by atoms with Gasteiger partial charge < -0.3 is 15.0 Å². The van der Waals surface area contributed by atoms with Crippen LogP contribution in [0.15, 0.2) is 65.8 Å². The van der Waals surface area contributed by atoms with Gasteiger partial charge in [-0.25, -0.2) is 9.97 Å². The first-order chi connectivity index (χ1) is 15.8. The number of aromatic nitrogens is 2. The first kappa shape index (κ1) is 24.3. The van der Waals surface area contributed by atoms with Crippen LogP contribution >= 0.6 is 11.8 Å². The van der Waals surface area contributed by atoms with Crippen LogP contribution in [0.3, 0.4) is 0 Å². The average molecular weight is 465 g/mol. The maximum atomic E-state index is 12.8. The van der Waals surface area contributed by atoms with Gasteiger partial charge in [-0.1, -0.05) is 30.0 Å². The molecule has 0 unspecified atom stereocenters. The summed E-state index contributed by atoms with van der Waals surface area (Å²) >= 11 is 1.19. The van der Waals surface area contributed by atoms with Crippen LogP contribution in [0.1, 0.15) is 25.2 Å². The van der Waals surface area contributed by atoms with Gasteiger partial charge in [-0.3, -0.25) is 9.59 Å². The molecule has 1 N–H and O–H groups in total. The van der Waals surface area contributed by atoms with Gasteiger partial charge in [0.2, 0.25) is 0 Å². The Morgan fingerprint density at radius 2 is 1.58 bits per heavy atom. The summed E-state index contributed by atoms with van der Waals surface area (Å²) in [5.74, 6) is -0.727. The van der Waals surface area contributed by atoms with E-state index in [2.05, 4.69) is 15.3 Å². The standard InChI is InChI=1S/C25H28N4O3S/c1-17(2)29(22-12-10-21(11-13-22)28-20-8-6-5-7-9-20)23(30)15-32-24(31)16-33-25-26-18(3)14-19(4)27-25/h5-14,17,28H,15-16H2,1-4H3. The quantitative estimate of drug-likeness (QED) is 0.273. The molecule has 0 aliphatic carbocycles. The molecule has 3 rings (SSSR count). The second-order valence-electron chi connectivity index (χ2n) is 7.78. The lowest BCUT2D eigenvalue weighted by molar-refractivity contribution is -0.145. The summed E-state index contributed by atoms with van der Waals surface area (Å²) in [4.78, 5) is 35.2. The maximum Gasteiger partial charge on any atom is 0.316 e. The van der Waals surface area contributed by atoms with Crippen molar-refractivity contribution in [3.63, 3.8) is 0 Å². The minimum atomic E-state index is -0.484. The normalized spacial score (nSPS) is 10.7. The van der Waals surface area contributed by atoms with Gasteiger partial charge in [0.25, 0.3) is 5.91 Å². The summed E-state index contributed by atoms with van der Waals surface area (Å²) in [6.07, 6.45) is 0. The molecule has 0 spiro atoms. The molecule has 172 valence electrons. The molecule has 8 heteroatoms. The van der Waals surface area contributed by atoms with Crippen molar-refractivity contribution in [2.45, 2.75) is 38.9 Å². The Bertz CT molecular complexity index is 1070. The molecule has 0 aliphatic rings. The van der Waals surface area contributed by atoms with E-state index in [0.29, 0.717) is 5.16 Å². The third-order valence-electron chi connectivity index (χ3n) is 4.63.